The number of likely N-dealkylation sites (tertiary alicyclic amines) is 1. The van der Waals surface area contributed by atoms with Crippen molar-refractivity contribution in [3.05, 3.63) is 35.6 Å². The predicted octanol–water partition coefficient (Wildman–Crippen LogP) is 3.35. The van der Waals surface area contributed by atoms with E-state index in [1.807, 2.05) is 12.1 Å². The second kappa shape index (κ2) is 6.05. The molecule has 3 rings (SSSR count). The third kappa shape index (κ3) is 2.86. The molecule has 3 heteroatoms. The van der Waals surface area contributed by atoms with Crippen molar-refractivity contribution < 1.29 is 4.39 Å². The fourth-order valence-electron chi connectivity index (χ4n) is 4.47. The number of halogens is 1. The first-order valence-electron chi connectivity index (χ1n) is 8.34. The van der Waals surface area contributed by atoms with Gasteiger partial charge in [0.15, 0.2) is 0 Å². The Balaban J connectivity index is 1.83. The molecule has 3 unspecified atom stereocenters. The van der Waals surface area contributed by atoms with Gasteiger partial charge in [0.05, 0.1) is 0 Å². The number of piperidine rings is 1. The number of hydrogen-bond donors (Lipinski definition) is 1. The molecular formula is C18H27FN2. The Bertz CT molecular complexity index is 490. The number of fused-ring (bicyclic) bond motifs is 1. The second-order valence-corrected chi connectivity index (χ2v) is 7.06. The molecule has 0 radical (unpaired) electrons. The first-order valence-corrected chi connectivity index (χ1v) is 8.34. The van der Waals surface area contributed by atoms with Crippen molar-refractivity contribution in [1.29, 1.82) is 0 Å². The Morgan fingerprint density at radius 1 is 1.24 bits per heavy atom. The van der Waals surface area contributed by atoms with Crippen LogP contribution in [0.25, 0.3) is 0 Å². The molecule has 1 aromatic rings. The summed E-state index contributed by atoms with van der Waals surface area (Å²) in [5.74, 6) is 0.738. The summed E-state index contributed by atoms with van der Waals surface area (Å²) in [7, 11) is 0. The molecule has 1 saturated heterocycles. The number of hydrogen-bond acceptors (Lipinski definition) is 2. The van der Waals surface area contributed by atoms with Crippen molar-refractivity contribution >= 4 is 0 Å². The topological polar surface area (TPSA) is 29.3 Å². The van der Waals surface area contributed by atoms with Crippen LogP contribution in [0.3, 0.4) is 0 Å². The number of rotatable bonds is 4. The van der Waals surface area contributed by atoms with E-state index in [-0.39, 0.29) is 11.4 Å². The summed E-state index contributed by atoms with van der Waals surface area (Å²) in [6.07, 6.45) is 7.32. The summed E-state index contributed by atoms with van der Waals surface area (Å²) < 4.78 is 14.0. The van der Waals surface area contributed by atoms with Crippen LogP contribution in [-0.2, 0) is 6.42 Å². The molecule has 1 aliphatic carbocycles. The molecule has 1 saturated carbocycles. The molecular weight excluding hydrogens is 263 g/mol. The summed E-state index contributed by atoms with van der Waals surface area (Å²) in [6.45, 7) is 3.92. The van der Waals surface area contributed by atoms with Crippen molar-refractivity contribution in [3.63, 3.8) is 0 Å². The highest BCUT2D eigenvalue weighted by molar-refractivity contribution is 5.20. The highest BCUT2D eigenvalue weighted by Crippen LogP contribution is 2.40. The van der Waals surface area contributed by atoms with Crippen LogP contribution < -0.4 is 5.73 Å². The minimum Gasteiger partial charge on any atom is -0.329 e. The minimum atomic E-state index is -0.129. The number of benzene rings is 1. The average molecular weight is 290 g/mol. The molecule has 0 spiro atoms. The zero-order valence-corrected chi connectivity index (χ0v) is 13.0. The lowest BCUT2D eigenvalue weighted by Crippen LogP contribution is -2.60. The molecule has 21 heavy (non-hydrogen) atoms. The quantitative estimate of drug-likeness (QED) is 0.921. The average Bonchev–Trinajstić information content (AvgIpc) is 2.98. The van der Waals surface area contributed by atoms with Gasteiger partial charge in [0.2, 0.25) is 0 Å². The SMILES string of the molecule is CC(CN)(Cc1ccccc1F)N1CCCC2CCCC21. The van der Waals surface area contributed by atoms with Gasteiger partial charge < -0.3 is 5.73 Å². The third-order valence-corrected chi connectivity index (χ3v) is 5.66. The molecule has 1 aromatic carbocycles. The summed E-state index contributed by atoms with van der Waals surface area (Å²) in [5, 5.41) is 0. The molecule has 0 bridgehead atoms. The maximum absolute atomic E-state index is 14.0. The van der Waals surface area contributed by atoms with Gasteiger partial charge >= 0.3 is 0 Å². The van der Waals surface area contributed by atoms with Crippen molar-refractivity contribution in [2.75, 3.05) is 13.1 Å². The monoisotopic (exact) mass is 290 g/mol. The number of nitrogens with two attached hydrogens (primary N) is 1. The van der Waals surface area contributed by atoms with Gasteiger partial charge in [-0.05, 0) is 63.1 Å². The molecule has 3 atom stereocenters. The molecule has 0 aromatic heterocycles. The molecule has 1 aliphatic heterocycles. The minimum absolute atomic E-state index is 0.0999. The van der Waals surface area contributed by atoms with E-state index < -0.39 is 0 Å². The zero-order chi connectivity index (χ0) is 14.9. The van der Waals surface area contributed by atoms with Crippen molar-refractivity contribution in [2.24, 2.45) is 11.7 Å². The lowest BCUT2D eigenvalue weighted by molar-refractivity contribution is 0.0134. The molecule has 2 nitrogen and oxygen atoms in total. The standard InChI is InChI=1S/C18H27FN2/c1-18(13-20,12-15-6-2-3-9-16(15)19)21-11-5-8-14-7-4-10-17(14)21/h2-3,6,9,14,17H,4-5,7-8,10-13,20H2,1H3. The van der Waals surface area contributed by atoms with Crippen LogP contribution in [0.4, 0.5) is 4.39 Å². The molecule has 2 fully saturated rings. The van der Waals surface area contributed by atoms with Crippen LogP contribution >= 0.6 is 0 Å². The number of nitrogens with zero attached hydrogens (tertiary/aromatic N) is 1. The summed E-state index contributed by atoms with van der Waals surface area (Å²) in [4.78, 5) is 2.61. The van der Waals surface area contributed by atoms with E-state index in [9.17, 15) is 4.39 Å². The Labute approximate surface area is 127 Å². The van der Waals surface area contributed by atoms with Crippen LogP contribution in [0.2, 0.25) is 0 Å². The van der Waals surface area contributed by atoms with Crippen molar-refractivity contribution in [2.45, 2.75) is 57.0 Å². The summed E-state index contributed by atoms with van der Waals surface area (Å²) in [6, 6.07) is 7.80. The predicted molar refractivity (Wildman–Crippen MR) is 84.6 cm³/mol. The van der Waals surface area contributed by atoms with Crippen molar-refractivity contribution in [1.82, 2.24) is 4.90 Å². The van der Waals surface area contributed by atoms with E-state index in [4.69, 9.17) is 5.73 Å². The smallest absolute Gasteiger partial charge is 0.126 e. The maximum atomic E-state index is 14.0. The van der Waals surface area contributed by atoms with E-state index in [0.29, 0.717) is 19.0 Å². The second-order valence-electron chi connectivity index (χ2n) is 7.06. The molecule has 0 amide bonds. The first-order chi connectivity index (χ1) is 10.1. The zero-order valence-electron chi connectivity index (χ0n) is 13.0. The Kier molecular flexibility index (Phi) is 4.32. The fraction of sp³-hybridized carbons (Fsp3) is 0.667. The van der Waals surface area contributed by atoms with Gasteiger partial charge in [0.25, 0.3) is 0 Å². The van der Waals surface area contributed by atoms with E-state index in [1.165, 1.54) is 32.1 Å². The van der Waals surface area contributed by atoms with Crippen LogP contribution in [0, 0.1) is 11.7 Å². The van der Waals surface area contributed by atoms with Gasteiger partial charge in [0, 0.05) is 18.1 Å². The van der Waals surface area contributed by atoms with Gasteiger partial charge in [-0.1, -0.05) is 24.6 Å². The highest BCUT2D eigenvalue weighted by Gasteiger charge is 2.43. The van der Waals surface area contributed by atoms with Crippen LogP contribution in [0.1, 0.15) is 44.6 Å². The maximum Gasteiger partial charge on any atom is 0.126 e. The molecule has 1 heterocycles. The first kappa shape index (κ1) is 15.0. The Morgan fingerprint density at radius 3 is 2.76 bits per heavy atom. The molecule has 116 valence electrons. The summed E-state index contributed by atoms with van der Waals surface area (Å²) in [5.41, 5.74) is 6.82. The molecule has 2 N–H and O–H groups in total. The van der Waals surface area contributed by atoms with Crippen LogP contribution in [-0.4, -0.2) is 29.6 Å². The fourth-order valence-corrected chi connectivity index (χ4v) is 4.47. The van der Waals surface area contributed by atoms with Crippen molar-refractivity contribution in [3.8, 4) is 0 Å². The highest BCUT2D eigenvalue weighted by atomic mass is 19.1. The largest absolute Gasteiger partial charge is 0.329 e. The van der Waals surface area contributed by atoms with E-state index in [1.54, 1.807) is 12.1 Å². The Hall–Kier alpha value is -0.930. The van der Waals surface area contributed by atoms with Crippen LogP contribution in [0.5, 0.6) is 0 Å². The lowest BCUT2D eigenvalue weighted by atomic mass is 9.83. The molecule has 2 aliphatic rings. The van der Waals surface area contributed by atoms with E-state index in [0.717, 1.165) is 18.0 Å². The lowest BCUT2D eigenvalue weighted by Gasteiger charge is -2.49. The van der Waals surface area contributed by atoms with Crippen LogP contribution in [0.15, 0.2) is 24.3 Å². The normalized spacial score (nSPS) is 29.1. The van der Waals surface area contributed by atoms with Gasteiger partial charge in [-0.25, -0.2) is 4.39 Å². The van der Waals surface area contributed by atoms with E-state index >= 15 is 0 Å². The Morgan fingerprint density at radius 2 is 2.00 bits per heavy atom. The van der Waals surface area contributed by atoms with Gasteiger partial charge in [-0.2, -0.15) is 0 Å². The van der Waals surface area contributed by atoms with Gasteiger partial charge in [0.1, 0.15) is 5.82 Å². The third-order valence-electron chi connectivity index (χ3n) is 5.66. The van der Waals surface area contributed by atoms with Gasteiger partial charge in [-0.3, -0.25) is 4.90 Å². The van der Waals surface area contributed by atoms with Gasteiger partial charge in [-0.15, -0.1) is 0 Å². The van der Waals surface area contributed by atoms with E-state index in [2.05, 4.69) is 11.8 Å². The summed E-state index contributed by atoms with van der Waals surface area (Å²) >= 11 is 0.